The summed E-state index contributed by atoms with van der Waals surface area (Å²) in [7, 11) is 1.49. The summed E-state index contributed by atoms with van der Waals surface area (Å²) in [6.07, 6.45) is 1.48. The van der Waals surface area contributed by atoms with Gasteiger partial charge in [-0.2, -0.15) is 0 Å². The van der Waals surface area contributed by atoms with Gasteiger partial charge in [0.2, 0.25) is 0 Å². The molecule has 0 radical (unpaired) electrons. The van der Waals surface area contributed by atoms with E-state index in [0.717, 1.165) is 6.29 Å². The van der Waals surface area contributed by atoms with E-state index in [0.29, 0.717) is 29.7 Å². The monoisotopic (exact) mass is 196 g/mol. The number of hydrogen-bond acceptors (Lipinski definition) is 2. The molecule has 0 atom stereocenters. The van der Waals surface area contributed by atoms with Crippen LogP contribution in [0.5, 0.6) is 5.75 Å². The number of halogens is 1. The number of aryl methyl sites for hydroxylation is 1. The Labute approximate surface area is 82.7 Å². The Morgan fingerprint density at radius 3 is 2.79 bits per heavy atom. The van der Waals surface area contributed by atoms with Gasteiger partial charge in [0.15, 0.2) is 0 Å². The molecule has 1 aromatic carbocycles. The summed E-state index contributed by atoms with van der Waals surface area (Å²) >= 11 is 0. The lowest BCUT2D eigenvalue weighted by atomic mass is 10.0. The average Bonchev–Trinajstić information content (AvgIpc) is 2.20. The van der Waals surface area contributed by atoms with E-state index in [1.807, 2.05) is 0 Å². The second-order valence-corrected chi connectivity index (χ2v) is 3.08. The topological polar surface area (TPSA) is 26.3 Å². The maximum Gasteiger partial charge on any atom is 0.133 e. The Balaban J connectivity index is 3.07. The quantitative estimate of drug-likeness (QED) is 0.690. The predicted molar refractivity (Wildman–Crippen MR) is 52.1 cm³/mol. The number of hydrogen-bond donors (Lipinski definition) is 0. The minimum absolute atomic E-state index is 0.272. The summed E-state index contributed by atoms with van der Waals surface area (Å²) < 4.78 is 18.6. The summed E-state index contributed by atoms with van der Waals surface area (Å²) in [6.45, 7) is 1.69. The van der Waals surface area contributed by atoms with Crippen molar-refractivity contribution in [2.24, 2.45) is 0 Å². The van der Waals surface area contributed by atoms with Crippen LogP contribution in [-0.4, -0.2) is 13.4 Å². The van der Waals surface area contributed by atoms with Gasteiger partial charge < -0.3 is 9.53 Å². The zero-order valence-electron chi connectivity index (χ0n) is 8.34. The van der Waals surface area contributed by atoms with E-state index in [-0.39, 0.29) is 5.82 Å². The van der Waals surface area contributed by atoms with Gasteiger partial charge in [-0.1, -0.05) is 6.07 Å². The lowest BCUT2D eigenvalue weighted by Gasteiger charge is -2.09. The Hall–Kier alpha value is -1.38. The van der Waals surface area contributed by atoms with Crippen LogP contribution in [0.1, 0.15) is 17.5 Å². The van der Waals surface area contributed by atoms with E-state index in [2.05, 4.69) is 0 Å². The highest BCUT2D eigenvalue weighted by Gasteiger charge is 2.10. The molecule has 3 heteroatoms. The standard InChI is InChI=1S/C11H13FO2/c1-8-5-6-10(14-2)9(11(8)12)4-3-7-13/h5-7H,3-4H2,1-2H3. The van der Waals surface area contributed by atoms with Gasteiger partial charge in [-0.3, -0.25) is 0 Å². The van der Waals surface area contributed by atoms with Crippen LogP contribution in [0.3, 0.4) is 0 Å². The fourth-order valence-electron chi connectivity index (χ4n) is 1.35. The summed E-state index contributed by atoms with van der Waals surface area (Å²) in [5, 5.41) is 0. The molecule has 2 nitrogen and oxygen atoms in total. The van der Waals surface area contributed by atoms with Gasteiger partial charge in [0, 0.05) is 12.0 Å². The Kier molecular flexibility index (Phi) is 3.63. The number of methoxy groups -OCH3 is 1. The summed E-state index contributed by atoms with van der Waals surface area (Å²) in [6, 6.07) is 3.39. The molecule has 0 amide bonds. The first kappa shape index (κ1) is 10.7. The lowest BCUT2D eigenvalue weighted by molar-refractivity contribution is -0.107. The van der Waals surface area contributed by atoms with Crippen LogP contribution in [-0.2, 0) is 11.2 Å². The first-order valence-corrected chi connectivity index (χ1v) is 4.46. The van der Waals surface area contributed by atoms with Gasteiger partial charge in [0.25, 0.3) is 0 Å². The summed E-state index contributed by atoms with van der Waals surface area (Å²) in [5.41, 5.74) is 1.06. The molecule has 1 aromatic rings. The molecule has 14 heavy (non-hydrogen) atoms. The van der Waals surface area contributed by atoms with Gasteiger partial charge in [0.05, 0.1) is 7.11 Å². The minimum Gasteiger partial charge on any atom is -0.496 e. The third-order valence-electron chi connectivity index (χ3n) is 2.13. The van der Waals surface area contributed by atoms with Crippen molar-refractivity contribution < 1.29 is 13.9 Å². The van der Waals surface area contributed by atoms with Crippen LogP contribution in [0.25, 0.3) is 0 Å². The predicted octanol–water partition coefficient (Wildman–Crippen LogP) is 2.27. The zero-order valence-corrected chi connectivity index (χ0v) is 8.34. The van der Waals surface area contributed by atoms with Crippen LogP contribution in [0, 0.1) is 12.7 Å². The second kappa shape index (κ2) is 4.74. The van der Waals surface area contributed by atoms with Gasteiger partial charge in [-0.15, -0.1) is 0 Å². The normalized spacial score (nSPS) is 9.93. The van der Waals surface area contributed by atoms with Crippen molar-refractivity contribution in [2.75, 3.05) is 7.11 Å². The highest BCUT2D eigenvalue weighted by molar-refractivity contribution is 5.51. The van der Waals surface area contributed by atoms with Crippen molar-refractivity contribution in [2.45, 2.75) is 19.8 Å². The lowest BCUT2D eigenvalue weighted by Crippen LogP contribution is -1.99. The van der Waals surface area contributed by atoms with E-state index in [1.165, 1.54) is 7.11 Å². The fourth-order valence-corrected chi connectivity index (χ4v) is 1.35. The smallest absolute Gasteiger partial charge is 0.133 e. The van der Waals surface area contributed by atoms with E-state index < -0.39 is 0 Å². The number of rotatable bonds is 4. The van der Waals surface area contributed by atoms with E-state index in [9.17, 15) is 9.18 Å². The van der Waals surface area contributed by atoms with Crippen LogP contribution < -0.4 is 4.74 Å². The number of ether oxygens (including phenoxy) is 1. The molecule has 0 spiro atoms. The molecule has 0 aliphatic heterocycles. The molecule has 0 fully saturated rings. The van der Waals surface area contributed by atoms with Crippen LogP contribution in [0.2, 0.25) is 0 Å². The molecule has 0 aromatic heterocycles. The van der Waals surface area contributed by atoms with Crippen LogP contribution in [0.4, 0.5) is 4.39 Å². The summed E-state index contributed by atoms with van der Waals surface area (Å²) in [4.78, 5) is 10.2. The molecule has 0 heterocycles. The van der Waals surface area contributed by atoms with E-state index in [1.54, 1.807) is 19.1 Å². The number of carbonyl (C=O) groups is 1. The Bertz CT molecular complexity index is 334. The van der Waals surface area contributed by atoms with Crippen molar-refractivity contribution in [1.29, 1.82) is 0 Å². The van der Waals surface area contributed by atoms with Crippen molar-refractivity contribution in [3.05, 3.63) is 29.1 Å². The van der Waals surface area contributed by atoms with Gasteiger partial charge in [0.1, 0.15) is 17.9 Å². The highest BCUT2D eigenvalue weighted by atomic mass is 19.1. The van der Waals surface area contributed by atoms with Gasteiger partial charge in [-0.25, -0.2) is 4.39 Å². The molecule has 0 aliphatic rings. The SMILES string of the molecule is COc1ccc(C)c(F)c1CCC=O. The third kappa shape index (κ3) is 2.10. The summed E-state index contributed by atoms with van der Waals surface area (Å²) in [5.74, 6) is 0.237. The molecule has 0 saturated heterocycles. The Morgan fingerprint density at radius 2 is 2.21 bits per heavy atom. The molecule has 0 aliphatic carbocycles. The Morgan fingerprint density at radius 1 is 1.50 bits per heavy atom. The highest BCUT2D eigenvalue weighted by Crippen LogP contribution is 2.24. The molecule has 0 bridgehead atoms. The number of aldehydes is 1. The third-order valence-corrected chi connectivity index (χ3v) is 2.13. The number of carbonyl (C=O) groups excluding carboxylic acids is 1. The first-order chi connectivity index (χ1) is 6.70. The van der Waals surface area contributed by atoms with Crippen LogP contribution in [0.15, 0.2) is 12.1 Å². The van der Waals surface area contributed by atoms with Crippen molar-refractivity contribution in [3.63, 3.8) is 0 Å². The van der Waals surface area contributed by atoms with E-state index >= 15 is 0 Å². The van der Waals surface area contributed by atoms with E-state index in [4.69, 9.17) is 4.74 Å². The molecule has 0 unspecified atom stereocenters. The minimum atomic E-state index is -0.272. The molecular formula is C11H13FO2. The zero-order chi connectivity index (χ0) is 10.6. The van der Waals surface area contributed by atoms with Crippen LogP contribution >= 0.6 is 0 Å². The van der Waals surface area contributed by atoms with Gasteiger partial charge in [-0.05, 0) is 25.0 Å². The molecule has 0 saturated carbocycles. The van der Waals surface area contributed by atoms with Crippen molar-refractivity contribution >= 4 is 6.29 Å². The average molecular weight is 196 g/mol. The molecule has 1 rings (SSSR count). The fraction of sp³-hybridized carbons (Fsp3) is 0.364. The molecule has 76 valence electrons. The van der Waals surface area contributed by atoms with Gasteiger partial charge >= 0.3 is 0 Å². The maximum atomic E-state index is 13.6. The molecular weight excluding hydrogens is 183 g/mol. The van der Waals surface area contributed by atoms with Crippen molar-refractivity contribution in [1.82, 2.24) is 0 Å². The second-order valence-electron chi connectivity index (χ2n) is 3.08. The largest absolute Gasteiger partial charge is 0.496 e. The first-order valence-electron chi connectivity index (χ1n) is 4.46. The molecule has 0 N–H and O–H groups in total. The van der Waals surface area contributed by atoms with Crippen molar-refractivity contribution in [3.8, 4) is 5.75 Å². The number of benzene rings is 1. The maximum absolute atomic E-state index is 13.6.